The molecule has 1 aromatic heterocycles. The Morgan fingerprint density at radius 3 is 2.91 bits per heavy atom. The first-order valence-corrected chi connectivity index (χ1v) is 9.85. The lowest BCUT2D eigenvalue weighted by molar-refractivity contribution is 0.293. The first kappa shape index (κ1) is 16.7. The van der Waals surface area contributed by atoms with Crippen molar-refractivity contribution < 1.29 is 0 Å². The molecular formula is C17H29N5S. The molecule has 1 saturated carbocycles. The van der Waals surface area contributed by atoms with E-state index >= 15 is 0 Å². The van der Waals surface area contributed by atoms with Crippen molar-refractivity contribution in [2.75, 3.05) is 25.4 Å². The highest BCUT2D eigenvalue weighted by Gasteiger charge is 2.38. The van der Waals surface area contributed by atoms with E-state index in [9.17, 15) is 0 Å². The molecule has 1 aliphatic heterocycles. The van der Waals surface area contributed by atoms with Crippen molar-refractivity contribution in [3.05, 3.63) is 18.0 Å². The minimum atomic E-state index is 0.471. The van der Waals surface area contributed by atoms with Crippen LogP contribution >= 0.6 is 11.8 Å². The number of aryl methyl sites for hydroxylation is 1. The number of rotatable bonds is 3. The Morgan fingerprint density at radius 1 is 1.39 bits per heavy atom. The van der Waals surface area contributed by atoms with Gasteiger partial charge >= 0.3 is 0 Å². The van der Waals surface area contributed by atoms with Crippen molar-refractivity contribution in [3.63, 3.8) is 0 Å². The van der Waals surface area contributed by atoms with Crippen LogP contribution in [0.1, 0.15) is 44.7 Å². The predicted molar refractivity (Wildman–Crippen MR) is 97.9 cm³/mol. The van der Waals surface area contributed by atoms with Crippen LogP contribution in [0, 0.1) is 0 Å². The van der Waals surface area contributed by atoms with Gasteiger partial charge in [-0.3, -0.25) is 4.68 Å². The summed E-state index contributed by atoms with van der Waals surface area (Å²) in [5.74, 6) is 2.29. The number of aromatic nitrogens is 2. The Hall–Kier alpha value is -1.17. The third-order valence-corrected chi connectivity index (χ3v) is 6.50. The van der Waals surface area contributed by atoms with Gasteiger partial charge in [-0.2, -0.15) is 16.9 Å². The van der Waals surface area contributed by atoms with Gasteiger partial charge in [0.15, 0.2) is 5.96 Å². The topological polar surface area (TPSA) is 45.5 Å². The molecular weight excluding hydrogens is 306 g/mol. The Bertz CT molecular complexity index is 527. The maximum absolute atomic E-state index is 4.88. The van der Waals surface area contributed by atoms with Crippen molar-refractivity contribution in [1.29, 1.82) is 0 Å². The summed E-state index contributed by atoms with van der Waals surface area (Å²) in [6, 6.07) is 2.04. The molecule has 2 fully saturated rings. The smallest absolute Gasteiger partial charge is 0.194 e. The first-order chi connectivity index (χ1) is 11.2. The molecule has 6 heteroatoms. The Labute approximate surface area is 143 Å². The van der Waals surface area contributed by atoms with Gasteiger partial charge in [-0.15, -0.1) is 0 Å². The fraction of sp³-hybridized carbons (Fsp3) is 0.765. The van der Waals surface area contributed by atoms with Gasteiger partial charge in [0.2, 0.25) is 0 Å². The van der Waals surface area contributed by atoms with Gasteiger partial charge in [-0.1, -0.05) is 19.3 Å². The average Bonchev–Trinajstić information content (AvgIpc) is 2.97. The number of aliphatic imine (C=N–C) groups is 1. The molecule has 1 N–H and O–H groups in total. The van der Waals surface area contributed by atoms with Crippen LogP contribution < -0.4 is 5.32 Å². The van der Waals surface area contributed by atoms with Gasteiger partial charge in [0.25, 0.3) is 0 Å². The zero-order valence-electron chi connectivity index (χ0n) is 14.4. The Morgan fingerprint density at radius 2 is 2.22 bits per heavy atom. The quantitative estimate of drug-likeness (QED) is 0.681. The molecule has 1 aromatic rings. The second-order valence-electron chi connectivity index (χ2n) is 6.63. The average molecular weight is 336 g/mol. The van der Waals surface area contributed by atoms with E-state index in [1.807, 2.05) is 24.0 Å². The van der Waals surface area contributed by atoms with Crippen LogP contribution in [0.25, 0.3) is 0 Å². The summed E-state index contributed by atoms with van der Waals surface area (Å²) in [6.07, 6.45) is 8.78. The van der Waals surface area contributed by atoms with Gasteiger partial charge in [-0.05, 0) is 25.8 Å². The molecule has 0 bridgehead atoms. The van der Waals surface area contributed by atoms with Crippen LogP contribution in [-0.4, -0.2) is 50.8 Å². The zero-order chi connectivity index (χ0) is 16.1. The fourth-order valence-corrected chi connectivity index (χ4v) is 5.23. The highest BCUT2D eigenvalue weighted by molar-refractivity contribution is 8.00. The molecule has 2 aliphatic rings. The molecule has 0 atom stereocenters. The van der Waals surface area contributed by atoms with Crippen LogP contribution in [0.4, 0.5) is 0 Å². The molecule has 5 nitrogen and oxygen atoms in total. The van der Waals surface area contributed by atoms with Crippen molar-refractivity contribution in [1.82, 2.24) is 20.0 Å². The van der Waals surface area contributed by atoms with Crippen LogP contribution in [0.3, 0.4) is 0 Å². The zero-order valence-corrected chi connectivity index (χ0v) is 15.2. The molecule has 1 aliphatic carbocycles. The van der Waals surface area contributed by atoms with E-state index in [-0.39, 0.29) is 0 Å². The second kappa shape index (κ2) is 7.60. The Balaban J connectivity index is 1.70. The lowest BCUT2D eigenvalue weighted by Gasteiger charge is -2.45. The summed E-state index contributed by atoms with van der Waals surface area (Å²) in [7, 11) is 1.98. The largest absolute Gasteiger partial charge is 0.357 e. The highest BCUT2D eigenvalue weighted by Crippen LogP contribution is 2.42. The fourth-order valence-electron chi connectivity index (χ4n) is 3.66. The first-order valence-electron chi connectivity index (χ1n) is 8.86. The summed E-state index contributed by atoms with van der Waals surface area (Å²) in [4.78, 5) is 7.37. The van der Waals surface area contributed by atoms with E-state index in [1.165, 1.54) is 37.9 Å². The predicted octanol–water partition coefficient (Wildman–Crippen LogP) is 2.64. The van der Waals surface area contributed by atoms with Gasteiger partial charge in [-0.25, -0.2) is 4.99 Å². The minimum absolute atomic E-state index is 0.471. The molecule has 0 radical (unpaired) electrons. The standard InChI is InChI=1S/C17H29N5S/c1-3-18-16(19-13-15-7-10-20-21(15)2)22-11-12-23-17(14-22)8-5-4-6-9-17/h7,10H,3-6,8-9,11-14H2,1-2H3,(H,18,19). The van der Waals surface area contributed by atoms with Gasteiger partial charge < -0.3 is 10.2 Å². The van der Waals surface area contributed by atoms with E-state index in [1.54, 1.807) is 0 Å². The highest BCUT2D eigenvalue weighted by atomic mass is 32.2. The molecule has 128 valence electrons. The van der Waals surface area contributed by atoms with Crippen LogP contribution in [0.15, 0.2) is 17.3 Å². The van der Waals surface area contributed by atoms with E-state index in [4.69, 9.17) is 4.99 Å². The number of hydrogen-bond donors (Lipinski definition) is 1. The summed E-state index contributed by atoms with van der Waals surface area (Å²) in [5, 5.41) is 7.72. The van der Waals surface area contributed by atoms with E-state index in [0.717, 1.165) is 31.3 Å². The van der Waals surface area contributed by atoms with Crippen molar-refractivity contribution >= 4 is 17.7 Å². The summed E-state index contributed by atoms with van der Waals surface area (Å²) >= 11 is 2.21. The molecule has 0 aromatic carbocycles. The molecule has 1 spiro atoms. The normalized spacial score (nSPS) is 21.7. The lowest BCUT2D eigenvalue weighted by atomic mass is 9.87. The molecule has 2 heterocycles. The monoisotopic (exact) mass is 335 g/mol. The number of thioether (sulfide) groups is 1. The molecule has 23 heavy (non-hydrogen) atoms. The van der Waals surface area contributed by atoms with Crippen molar-refractivity contribution in [2.24, 2.45) is 12.0 Å². The lowest BCUT2D eigenvalue weighted by Crippen LogP contribution is -2.53. The number of nitrogens with one attached hydrogen (secondary N) is 1. The molecule has 0 unspecified atom stereocenters. The minimum Gasteiger partial charge on any atom is -0.357 e. The van der Waals surface area contributed by atoms with Crippen molar-refractivity contribution in [2.45, 2.75) is 50.3 Å². The van der Waals surface area contributed by atoms with Gasteiger partial charge in [0.05, 0.1) is 12.2 Å². The number of nitrogens with zero attached hydrogens (tertiary/aromatic N) is 4. The maximum Gasteiger partial charge on any atom is 0.194 e. The van der Waals surface area contributed by atoms with E-state index < -0.39 is 0 Å². The summed E-state index contributed by atoms with van der Waals surface area (Å²) < 4.78 is 2.38. The van der Waals surface area contributed by atoms with E-state index in [0.29, 0.717) is 11.3 Å². The van der Waals surface area contributed by atoms with Crippen molar-refractivity contribution in [3.8, 4) is 0 Å². The van der Waals surface area contributed by atoms with Gasteiger partial charge in [0.1, 0.15) is 0 Å². The third kappa shape index (κ3) is 4.03. The van der Waals surface area contributed by atoms with Crippen LogP contribution in [0.2, 0.25) is 0 Å². The summed E-state index contributed by atoms with van der Waals surface area (Å²) in [6.45, 7) is 6.00. The number of guanidine groups is 1. The van der Waals surface area contributed by atoms with Crippen LogP contribution in [-0.2, 0) is 13.6 Å². The third-order valence-electron chi connectivity index (χ3n) is 4.96. The molecule has 1 saturated heterocycles. The van der Waals surface area contributed by atoms with Gasteiger partial charge in [0, 0.05) is 43.4 Å². The SMILES string of the molecule is CCNC(=NCc1ccnn1C)N1CCSC2(CCCCC2)C1. The number of hydrogen-bond acceptors (Lipinski definition) is 3. The molecule has 3 rings (SSSR count). The van der Waals surface area contributed by atoms with Crippen LogP contribution in [0.5, 0.6) is 0 Å². The summed E-state index contributed by atoms with van der Waals surface area (Å²) in [5.41, 5.74) is 1.15. The second-order valence-corrected chi connectivity index (χ2v) is 8.19. The Kier molecular flexibility index (Phi) is 5.51. The maximum atomic E-state index is 4.88. The molecule has 0 amide bonds. The van der Waals surface area contributed by atoms with E-state index in [2.05, 4.69) is 34.0 Å².